The highest BCUT2D eigenvalue weighted by atomic mass is 16.7. The number of piperidine rings is 1. The Kier molecular flexibility index (Phi) is 8.07. The Morgan fingerprint density at radius 1 is 1.07 bits per heavy atom. The van der Waals surface area contributed by atoms with E-state index in [0.717, 1.165) is 38.9 Å². The highest BCUT2D eigenvalue weighted by Gasteiger charge is 2.26. The maximum atomic E-state index is 12.5. The van der Waals surface area contributed by atoms with Gasteiger partial charge in [0.05, 0.1) is 6.61 Å². The summed E-state index contributed by atoms with van der Waals surface area (Å²) in [7, 11) is 0. The number of hydrogen-bond donors (Lipinski definition) is 1. The van der Waals surface area contributed by atoms with Crippen molar-refractivity contribution in [1.29, 1.82) is 0 Å². The Hall–Kier alpha value is -2.61. The monoisotopic (exact) mass is 418 g/mol. The fraction of sp³-hybridized carbons (Fsp3) is 0.591. The number of ether oxygens (including phenoxy) is 3. The van der Waals surface area contributed by atoms with Gasteiger partial charge in [-0.15, -0.1) is 0 Å². The fourth-order valence-electron chi connectivity index (χ4n) is 3.79. The molecular weight excluding hydrogens is 388 g/mol. The summed E-state index contributed by atoms with van der Waals surface area (Å²) in [6, 6.07) is 6.37. The maximum absolute atomic E-state index is 12.5. The van der Waals surface area contributed by atoms with Gasteiger partial charge in [0, 0.05) is 44.3 Å². The molecule has 1 aromatic rings. The molecule has 0 unspecified atom stereocenters. The first kappa shape index (κ1) is 22.1. The molecule has 2 aliphatic rings. The van der Waals surface area contributed by atoms with E-state index in [1.807, 2.05) is 4.90 Å². The van der Waals surface area contributed by atoms with Crippen LogP contribution in [0.15, 0.2) is 24.3 Å². The molecule has 0 bridgehead atoms. The number of benzene rings is 1. The average molecular weight is 418 g/mol. The van der Waals surface area contributed by atoms with Crippen LogP contribution in [0.4, 0.5) is 4.79 Å². The minimum absolute atomic E-state index is 0.0417. The molecule has 2 fully saturated rings. The molecular formula is C22H30N2O6. The van der Waals surface area contributed by atoms with Gasteiger partial charge in [0.25, 0.3) is 5.91 Å². The summed E-state index contributed by atoms with van der Waals surface area (Å²) in [5.74, 6) is 0.786. The smallest absolute Gasteiger partial charge is 0.434 e. The first-order valence-electron chi connectivity index (χ1n) is 10.7. The van der Waals surface area contributed by atoms with Gasteiger partial charge in [0.15, 0.2) is 0 Å². The Balaban J connectivity index is 1.41. The van der Waals surface area contributed by atoms with Crippen LogP contribution in [-0.2, 0) is 14.3 Å². The van der Waals surface area contributed by atoms with Gasteiger partial charge in [-0.1, -0.05) is 0 Å². The van der Waals surface area contributed by atoms with Crippen molar-refractivity contribution >= 4 is 18.0 Å². The normalized spacial score (nSPS) is 18.0. The van der Waals surface area contributed by atoms with Crippen LogP contribution in [0.3, 0.4) is 0 Å². The van der Waals surface area contributed by atoms with E-state index in [9.17, 15) is 14.4 Å². The second-order valence-electron chi connectivity index (χ2n) is 7.70. The fourth-order valence-corrected chi connectivity index (χ4v) is 3.79. The second-order valence-corrected chi connectivity index (χ2v) is 7.70. The molecule has 8 nitrogen and oxygen atoms in total. The van der Waals surface area contributed by atoms with E-state index in [2.05, 4.69) is 5.32 Å². The summed E-state index contributed by atoms with van der Waals surface area (Å²) in [5, 5.41) is 3.03. The minimum atomic E-state index is -0.771. The summed E-state index contributed by atoms with van der Waals surface area (Å²) in [4.78, 5) is 38.2. The molecule has 0 aromatic heterocycles. The van der Waals surface area contributed by atoms with Crippen molar-refractivity contribution in [1.82, 2.24) is 10.2 Å². The van der Waals surface area contributed by atoms with E-state index >= 15 is 0 Å². The molecule has 3 rings (SSSR count). The van der Waals surface area contributed by atoms with Crippen LogP contribution in [0.25, 0.3) is 0 Å². The van der Waals surface area contributed by atoms with Gasteiger partial charge in [-0.25, -0.2) is 4.79 Å². The Morgan fingerprint density at radius 2 is 1.73 bits per heavy atom. The number of hydrogen-bond acceptors (Lipinski definition) is 6. The zero-order valence-corrected chi connectivity index (χ0v) is 17.4. The quantitative estimate of drug-likeness (QED) is 0.564. The molecule has 0 radical (unpaired) electrons. The summed E-state index contributed by atoms with van der Waals surface area (Å²) in [6.45, 7) is 4.77. The highest BCUT2D eigenvalue weighted by molar-refractivity contribution is 5.94. The summed E-state index contributed by atoms with van der Waals surface area (Å²) in [6.07, 6.45) is 3.24. The largest absolute Gasteiger partial charge is 0.513 e. The lowest BCUT2D eigenvalue weighted by molar-refractivity contribution is -0.134. The third kappa shape index (κ3) is 6.45. The maximum Gasteiger partial charge on any atom is 0.513 e. The van der Waals surface area contributed by atoms with Gasteiger partial charge >= 0.3 is 6.16 Å². The van der Waals surface area contributed by atoms with E-state index in [-0.39, 0.29) is 24.5 Å². The van der Waals surface area contributed by atoms with Crippen molar-refractivity contribution in [2.45, 2.75) is 45.1 Å². The minimum Gasteiger partial charge on any atom is -0.434 e. The zero-order valence-electron chi connectivity index (χ0n) is 17.4. The molecule has 164 valence electrons. The Bertz CT molecular complexity index is 722. The third-order valence-corrected chi connectivity index (χ3v) is 5.57. The first-order valence-corrected chi connectivity index (χ1v) is 10.7. The lowest BCUT2D eigenvalue weighted by Crippen LogP contribution is -2.47. The van der Waals surface area contributed by atoms with Gasteiger partial charge in [-0.3, -0.25) is 9.59 Å². The van der Waals surface area contributed by atoms with Crippen LogP contribution in [0, 0.1) is 5.92 Å². The molecule has 0 saturated carbocycles. The molecule has 0 spiro atoms. The van der Waals surface area contributed by atoms with Crippen molar-refractivity contribution < 1.29 is 28.6 Å². The van der Waals surface area contributed by atoms with Crippen molar-refractivity contribution in [2.24, 2.45) is 5.92 Å². The number of rotatable bonds is 6. The van der Waals surface area contributed by atoms with Gasteiger partial charge < -0.3 is 24.4 Å². The molecule has 1 aromatic carbocycles. The van der Waals surface area contributed by atoms with Crippen LogP contribution in [0.5, 0.6) is 5.75 Å². The molecule has 0 aliphatic carbocycles. The second kappa shape index (κ2) is 11.0. The van der Waals surface area contributed by atoms with Crippen molar-refractivity contribution in [3.63, 3.8) is 0 Å². The summed E-state index contributed by atoms with van der Waals surface area (Å²) < 4.78 is 15.1. The number of nitrogens with zero attached hydrogens (tertiary/aromatic N) is 1. The topological polar surface area (TPSA) is 94.2 Å². The summed E-state index contributed by atoms with van der Waals surface area (Å²) in [5.41, 5.74) is 0.490. The number of amides is 2. The Morgan fingerprint density at radius 3 is 2.37 bits per heavy atom. The van der Waals surface area contributed by atoms with Crippen molar-refractivity contribution in [3.8, 4) is 5.75 Å². The number of nitrogens with one attached hydrogen (secondary N) is 1. The predicted molar refractivity (Wildman–Crippen MR) is 109 cm³/mol. The van der Waals surface area contributed by atoms with E-state index in [4.69, 9.17) is 14.2 Å². The van der Waals surface area contributed by atoms with Crippen molar-refractivity contribution in [3.05, 3.63) is 29.8 Å². The van der Waals surface area contributed by atoms with E-state index in [0.29, 0.717) is 36.7 Å². The van der Waals surface area contributed by atoms with Gasteiger partial charge in [-0.05, 0) is 62.8 Å². The van der Waals surface area contributed by atoms with Gasteiger partial charge in [-0.2, -0.15) is 0 Å². The number of likely N-dealkylation sites (tertiary alicyclic amines) is 1. The van der Waals surface area contributed by atoms with Gasteiger partial charge in [0.2, 0.25) is 5.91 Å². The average Bonchev–Trinajstić information content (AvgIpc) is 2.75. The SMILES string of the molecule is CCOC(=O)Oc1ccc(C(=O)NC2CCN(C(=O)CC3CCOCC3)CC2)cc1. The highest BCUT2D eigenvalue weighted by Crippen LogP contribution is 2.21. The van der Waals surface area contributed by atoms with E-state index < -0.39 is 6.16 Å². The predicted octanol–water partition coefficient (Wildman–Crippen LogP) is 2.76. The van der Waals surface area contributed by atoms with Crippen LogP contribution < -0.4 is 10.1 Å². The lowest BCUT2D eigenvalue weighted by Gasteiger charge is -2.33. The van der Waals surface area contributed by atoms with Gasteiger partial charge in [0.1, 0.15) is 5.75 Å². The van der Waals surface area contributed by atoms with Crippen LogP contribution >= 0.6 is 0 Å². The van der Waals surface area contributed by atoms with Crippen LogP contribution in [-0.4, -0.2) is 61.8 Å². The lowest BCUT2D eigenvalue weighted by atomic mass is 9.95. The molecule has 30 heavy (non-hydrogen) atoms. The van der Waals surface area contributed by atoms with Crippen LogP contribution in [0.1, 0.15) is 49.4 Å². The van der Waals surface area contributed by atoms with E-state index in [1.54, 1.807) is 31.2 Å². The number of carbonyl (C=O) groups is 3. The molecule has 0 atom stereocenters. The molecule has 2 amide bonds. The molecule has 1 N–H and O–H groups in total. The van der Waals surface area contributed by atoms with E-state index in [1.165, 1.54) is 0 Å². The third-order valence-electron chi connectivity index (χ3n) is 5.57. The number of carbonyl (C=O) groups excluding carboxylic acids is 3. The molecule has 2 saturated heterocycles. The Labute approximate surface area is 176 Å². The molecule has 8 heteroatoms. The summed E-state index contributed by atoms with van der Waals surface area (Å²) >= 11 is 0. The molecule has 2 heterocycles. The zero-order chi connectivity index (χ0) is 21.3. The van der Waals surface area contributed by atoms with Crippen molar-refractivity contribution in [2.75, 3.05) is 32.9 Å². The first-order chi connectivity index (χ1) is 14.5. The standard InChI is InChI=1S/C22H30N2O6/c1-2-29-22(27)30-19-5-3-17(4-6-19)21(26)23-18-7-11-24(12-8-18)20(25)15-16-9-13-28-14-10-16/h3-6,16,18H,2,7-15H2,1H3,(H,23,26). The van der Waals surface area contributed by atoms with Crippen LogP contribution in [0.2, 0.25) is 0 Å². The molecule has 2 aliphatic heterocycles.